The van der Waals surface area contributed by atoms with E-state index in [9.17, 15) is 4.79 Å². The third kappa shape index (κ3) is 3.64. The van der Waals surface area contributed by atoms with Crippen LogP contribution in [-0.2, 0) is 11.5 Å². The first kappa shape index (κ1) is 21.6. The van der Waals surface area contributed by atoms with Gasteiger partial charge >= 0.3 is 0 Å². The van der Waals surface area contributed by atoms with E-state index in [0.29, 0.717) is 28.5 Å². The zero-order valence-electron chi connectivity index (χ0n) is 18.5. The molecular weight excluding hydrogens is 426 g/mol. The molecule has 0 saturated carbocycles. The minimum atomic E-state index is -0.276. The van der Waals surface area contributed by atoms with Crippen LogP contribution in [0.4, 0.5) is 11.6 Å². The second-order valence-corrected chi connectivity index (χ2v) is 8.60. The van der Waals surface area contributed by atoms with Crippen molar-refractivity contribution in [3.8, 4) is 10.8 Å². The Morgan fingerprint density at radius 3 is 2.69 bits per heavy atom. The molecule has 0 spiro atoms. The van der Waals surface area contributed by atoms with Crippen molar-refractivity contribution < 1.29 is 14.3 Å². The molecule has 0 unspecified atom stereocenters. The number of imidazole rings is 1. The molecule has 1 N–H and O–H groups in total. The van der Waals surface area contributed by atoms with Crippen molar-refractivity contribution >= 4 is 39.9 Å². The van der Waals surface area contributed by atoms with Gasteiger partial charge < -0.3 is 14.0 Å². The van der Waals surface area contributed by atoms with Crippen molar-refractivity contribution in [2.24, 2.45) is 0 Å². The maximum Gasteiger partial charge on any atom is 0.259 e. The monoisotopic (exact) mass is 449 g/mol. The number of benzene rings is 1. The number of carbonyl (C=O) groups excluding carboxylic acids is 1. The molecule has 3 heterocycles. The number of thiophene rings is 1. The molecule has 4 rings (SSSR count). The smallest absolute Gasteiger partial charge is 0.259 e. The molecule has 0 atom stereocenters. The number of aryl methyl sites for hydroxylation is 2. The highest BCUT2D eigenvalue weighted by Gasteiger charge is 2.22. The van der Waals surface area contributed by atoms with E-state index in [2.05, 4.69) is 15.1 Å². The summed E-state index contributed by atoms with van der Waals surface area (Å²) in [6.07, 6.45) is 0. The predicted molar refractivity (Wildman–Crippen MR) is 125 cm³/mol. The van der Waals surface area contributed by atoms with Crippen molar-refractivity contribution in [2.45, 2.75) is 27.5 Å². The highest BCUT2D eigenvalue weighted by Crippen LogP contribution is 2.36. The number of aromatic nitrogens is 3. The number of nitrogens with one attached hydrogen (secondary N) is 1. The zero-order chi connectivity index (χ0) is 23.0. The van der Waals surface area contributed by atoms with Crippen LogP contribution in [0.15, 0.2) is 30.3 Å². The summed E-state index contributed by atoms with van der Waals surface area (Å²) in [6, 6.07) is 9.24. The molecule has 0 aliphatic carbocycles. The molecule has 3 aromatic heterocycles. The maximum absolute atomic E-state index is 13.2. The van der Waals surface area contributed by atoms with Crippen LogP contribution in [0.3, 0.4) is 0 Å². The van der Waals surface area contributed by atoms with E-state index >= 15 is 0 Å². The Labute approximate surface area is 189 Å². The summed E-state index contributed by atoms with van der Waals surface area (Å²) in [5, 5.41) is 3.75. The quantitative estimate of drug-likeness (QED) is 0.409. The van der Waals surface area contributed by atoms with Gasteiger partial charge in [0.25, 0.3) is 5.91 Å². The summed E-state index contributed by atoms with van der Waals surface area (Å²) in [4.78, 5) is 22.5. The van der Waals surface area contributed by atoms with Gasteiger partial charge in [0.2, 0.25) is 11.6 Å². The van der Waals surface area contributed by atoms with Crippen molar-refractivity contribution in [1.29, 1.82) is 0 Å². The Balaban J connectivity index is 1.73. The number of anilines is 1. The van der Waals surface area contributed by atoms with Crippen LogP contribution in [0.1, 0.15) is 26.6 Å². The zero-order valence-corrected chi connectivity index (χ0v) is 19.3. The van der Waals surface area contributed by atoms with Gasteiger partial charge in [-0.25, -0.2) is 9.83 Å². The number of hydrogen-bond donors (Lipinski definition) is 1. The number of methoxy groups -OCH3 is 2. The molecule has 1 amide bonds. The minimum Gasteiger partial charge on any atom is -0.497 e. The first-order valence-electron chi connectivity index (χ1n) is 9.89. The Morgan fingerprint density at radius 2 is 2.00 bits per heavy atom. The first-order valence-corrected chi connectivity index (χ1v) is 10.7. The van der Waals surface area contributed by atoms with E-state index in [4.69, 9.17) is 16.0 Å². The molecule has 0 saturated heterocycles. The molecule has 0 fully saturated rings. The van der Waals surface area contributed by atoms with Gasteiger partial charge in [-0.1, -0.05) is 0 Å². The topological polar surface area (TPSA) is 74.7 Å². The second kappa shape index (κ2) is 8.49. The van der Waals surface area contributed by atoms with Crippen LogP contribution in [-0.4, -0.2) is 34.2 Å². The lowest BCUT2D eigenvalue weighted by Crippen LogP contribution is -2.17. The molecule has 9 heteroatoms. The lowest BCUT2D eigenvalue weighted by Gasteiger charge is -2.10. The number of nitrogens with zero attached hydrogens (tertiary/aromatic N) is 4. The Bertz CT molecular complexity index is 1370. The van der Waals surface area contributed by atoms with Crippen LogP contribution >= 0.6 is 11.3 Å². The Morgan fingerprint density at radius 1 is 1.22 bits per heavy atom. The minimum absolute atomic E-state index is 0.236. The van der Waals surface area contributed by atoms with Crippen molar-refractivity contribution in [3.05, 3.63) is 63.6 Å². The van der Waals surface area contributed by atoms with E-state index in [0.717, 1.165) is 26.8 Å². The van der Waals surface area contributed by atoms with Gasteiger partial charge in [0.1, 0.15) is 17.5 Å². The number of rotatable bonds is 6. The molecule has 8 nitrogen and oxygen atoms in total. The molecule has 164 valence electrons. The van der Waals surface area contributed by atoms with Gasteiger partial charge in [0.05, 0.1) is 30.3 Å². The van der Waals surface area contributed by atoms with Crippen molar-refractivity contribution in [2.75, 3.05) is 19.5 Å². The molecule has 1 aromatic carbocycles. The lowest BCUT2D eigenvalue weighted by atomic mass is 10.2. The van der Waals surface area contributed by atoms with E-state index in [1.165, 1.54) is 11.3 Å². The third-order valence-electron chi connectivity index (χ3n) is 5.25. The lowest BCUT2D eigenvalue weighted by molar-refractivity contribution is 0.102. The summed E-state index contributed by atoms with van der Waals surface area (Å²) in [5.74, 6) is 0.795. The fraction of sp³-hybridized carbons (Fsp3) is 0.261. The van der Waals surface area contributed by atoms with E-state index in [1.54, 1.807) is 18.8 Å². The average Bonchev–Trinajstić information content (AvgIpc) is 3.40. The van der Waals surface area contributed by atoms with E-state index in [-0.39, 0.29) is 12.6 Å². The van der Waals surface area contributed by atoms with Gasteiger partial charge in [0.15, 0.2) is 0 Å². The molecular formula is C23H23N5O3S. The summed E-state index contributed by atoms with van der Waals surface area (Å²) >= 11 is 1.54. The molecule has 0 bridgehead atoms. The van der Waals surface area contributed by atoms with Crippen LogP contribution < -0.4 is 10.1 Å². The van der Waals surface area contributed by atoms with Crippen LogP contribution in [0, 0.1) is 27.3 Å². The number of amides is 1. The first-order chi connectivity index (χ1) is 15.4. The SMILES string of the molecule is [C-]#[N+]c1cc(C)sc1-n1c(C)cc(C(=O)Nc2nc3cc(OC)ccc3n2COC)c1C. The summed E-state index contributed by atoms with van der Waals surface area (Å²) in [5.41, 5.74) is 4.27. The Kier molecular flexibility index (Phi) is 5.74. The fourth-order valence-electron chi connectivity index (χ4n) is 3.79. The molecule has 32 heavy (non-hydrogen) atoms. The largest absolute Gasteiger partial charge is 0.497 e. The summed E-state index contributed by atoms with van der Waals surface area (Å²) < 4.78 is 14.4. The second-order valence-electron chi connectivity index (χ2n) is 7.37. The number of carbonyl (C=O) groups is 1. The highest BCUT2D eigenvalue weighted by molar-refractivity contribution is 7.15. The molecule has 0 aliphatic rings. The van der Waals surface area contributed by atoms with Crippen LogP contribution in [0.2, 0.25) is 0 Å². The van der Waals surface area contributed by atoms with Gasteiger partial charge in [-0.05, 0) is 49.9 Å². The normalized spacial score (nSPS) is 11.0. The van der Waals surface area contributed by atoms with Gasteiger partial charge in [-0.15, -0.1) is 11.3 Å². The van der Waals surface area contributed by atoms with Crippen molar-refractivity contribution in [1.82, 2.24) is 14.1 Å². The summed E-state index contributed by atoms with van der Waals surface area (Å²) in [7, 11) is 3.19. The molecule has 0 aliphatic heterocycles. The average molecular weight is 450 g/mol. The number of fused-ring (bicyclic) bond motifs is 1. The highest BCUT2D eigenvalue weighted by atomic mass is 32.1. The van der Waals surface area contributed by atoms with Crippen LogP contribution in [0.25, 0.3) is 20.9 Å². The molecule has 0 radical (unpaired) electrons. The standard InChI is InChI=1S/C23H23N5O3S/c1-13-9-17(15(3)28(13)22-19(24-4)10-14(2)32-22)21(29)26-23-25-18-11-16(31-6)7-8-20(18)27(23)12-30-5/h7-11H,12H2,1-3,5-6H3,(H,25,26,29). The van der Waals surface area contributed by atoms with E-state index < -0.39 is 0 Å². The van der Waals surface area contributed by atoms with Gasteiger partial charge in [0, 0.05) is 24.6 Å². The van der Waals surface area contributed by atoms with Gasteiger partial charge in [-0.3, -0.25) is 14.7 Å². The van der Waals surface area contributed by atoms with Crippen molar-refractivity contribution in [3.63, 3.8) is 0 Å². The van der Waals surface area contributed by atoms with Gasteiger partial charge in [-0.2, -0.15) is 0 Å². The molecule has 4 aromatic rings. The summed E-state index contributed by atoms with van der Waals surface area (Å²) in [6.45, 7) is 13.5. The van der Waals surface area contributed by atoms with E-state index in [1.807, 2.05) is 55.7 Å². The third-order valence-corrected chi connectivity index (χ3v) is 6.28. The number of hydrogen-bond acceptors (Lipinski definition) is 5. The predicted octanol–water partition coefficient (Wildman–Crippen LogP) is 5.23. The maximum atomic E-state index is 13.2. The van der Waals surface area contributed by atoms with Crippen LogP contribution in [0.5, 0.6) is 5.75 Å². The number of ether oxygens (including phenoxy) is 2. The fourth-order valence-corrected chi connectivity index (χ4v) is 4.85. The Hall–Kier alpha value is -3.61.